The molecule has 2 rings (SSSR count). The minimum atomic E-state index is -0.536. The fourth-order valence-corrected chi connectivity index (χ4v) is 2.68. The third-order valence-electron chi connectivity index (χ3n) is 2.67. The van der Waals surface area contributed by atoms with Crippen LogP contribution in [0.15, 0.2) is 34.3 Å². The van der Waals surface area contributed by atoms with Crippen LogP contribution in [-0.2, 0) is 9.53 Å². The highest BCUT2D eigenvalue weighted by Crippen LogP contribution is 2.31. The van der Waals surface area contributed by atoms with Crippen molar-refractivity contribution in [2.75, 3.05) is 6.61 Å². The highest BCUT2D eigenvalue weighted by atomic mass is 32.2. The summed E-state index contributed by atoms with van der Waals surface area (Å²) in [5, 5.41) is 10.7. The summed E-state index contributed by atoms with van der Waals surface area (Å²) in [6.07, 6.45) is 0. The second-order valence-electron chi connectivity index (χ2n) is 4.14. The molecule has 0 saturated carbocycles. The number of hydrogen-bond donors (Lipinski definition) is 0. The zero-order valence-electron chi connectivity index (χ0n) is 11.5. The van der Waals surface area contributed by atoms with Crippen molar-refractivity contribution in [3.8, 4) is 0 Å². The van der Waals surface area contributed by atoms with Crippen molar-refractivity contribution in [2.24, 2.45) is 9.98 Å². The number of amidine groups is 1. The molecule has 1 aromatic carbocycles. The van der Waals surface area contributed by atoms with E-state index in [0.29, 0.717) is 17.5 Å². The lowest BCUT2D eigenvalue weighted by molar-refractivity contribution is -0.384. The van der Waals surface area contributed by atoms with Crippen LogP contribution < -0.4 is 0 Å². The Bertz CT molecular complexity index is 642. The van der Waals surface area contributed by atoms with Gasteiger partial charge in [0, 0.05) is 11.8 Å². The number of benzene rings is 1. The van der Waals surface area contributed by atoms with E-state index in [9.17, 15) is 14.9 Å². The van der Waals surface area contributed by atoms with Crippen LogP contribution in [-0.4, -0.2) is 33.6 Å². The summed E-state index contributed by atoms with van der Waals surface area (Å²) in [5.41, 5.74) is 0.694. The average Bonchev–Trinajstić information content (AvgIpc) is 2.80. The Morgan fingerprint density at radius 2 is 2.24 bits per heavy atom. The van der Waals surface area contributed by atoms with Crippen molar-refractivity contribution in [3.05, 3.63) is 34.4 Å². The smallest absolute Gasteiger partial charge is 0.325 e. The zero-order chi connectivity index (χ0) is 15.4. The van der Waals surface area contributed by atoms with Crippen molar-refractivity contribution < 1.29 is 14.5 Å². The van der Waals surface area contributed by atoms with Crippen LogP contribution in [0.5, 0.6) is 0 Å². The fraction of sp³-hybridized carbons (Fsp3) is 0.308. The molecule has 0 unspecified atom stereocenters. The lowest BCUT2D eigenvalue weighted by Gasteiger charge is -2.06. The van der Waals surface area contributed by atoms with Gasteiger partial charge in [-0.1, -0.05) is 23.9 Å². The molecule has 0 radical (unpaired) electrons. The molecular formula is C13H13N3O4S. The molecule has 0 aromatic heterocycles. The third-order valence-corrected chi connectivity index (χ3v) is 3.83. The number of carbonyl (C=O) groups is 1. The van der Waals surface area contributed by atoms with Gasteiger partial charge in [-0.05, 0) is 19.9 Å². The molecule has 1 aliphatic rings. The molecule has 0 amide bonds. The first kappa shape index (κ1) is 15.2. The monoisotopic (exact) mass is 307 g/mol. The lowest BCUT2D eigenvalue weighted by atomic mass is 10.3. The summed E-state index contributed by atoms with van der Waals surface area (Å²) in [6.45, 7) is 3.72. The molecular weight excluding hydrogens is 294 g/mol. The van der Waals surface area contributed by atoms with E-state index in [1.165, 1.54) is 12.1 Å². The topological polar surface area (TPSA) is 94.2 Å². The van der Waals surface area contributed by atoms with Crippen molar-refractivity contribution in [2.45, 2.75) is 19.1 Å². The van der Waals surface area contributed by atoms with E-state index in [-0.39, 0.29) is 17.3 Å². The summed E-state index contributed by atoms with van der Waals surface area (Å²) in [6, 6.07) is 6.14. The van der Waals surface area contributed by atoms with Gasteiger partial charge in [0.25, 0.3) is 5.69 Å². The molecule has 110 valence electrons. The largest absolute Gasteiger partial charge is 0.465 e. The first-order valence-corrected chi connectivity index (χ1v) is 7.11. The fourth-order valence-electron chi connectivity index (χ4n) is 1.73. The van der Waals surface area contributed by atoms with Crippen molar-refractivity contribution in [1.29, 1.82) is 0 Å². The Labute approximate surface area is 125 Å². The summed E-state index contributed by atoms with van der Waals surface area (Å²) < 4.78 is 4.95. The van der Waals surface area contributed by atoms with Gasteiger partial charge in [-0.25, -0.2) is 9.98 Å². The molecule has 1 atom stereocenters. The second-order valence-corrected chi connectivity index (χ2v) is 5.22. The SMILES string of the molecule is CCOC(=O)[C@@H]1SC(=Nc2ccccc2[N+](=O)[O-])N=C1C. The molecule has 0 N–H and O–H groups in total. The number of nitrogens with zero attached hydrogens (tertiary/aromatic N) is 3. The number of carbonyl (C=O) groups excluding carboxylic acids is 1. The van der Waals surface area contributed by atoms with Gasteiger partial charge in [-0.3, -0.25) is 14.9 Å². The van der Waals surface area contributed by atoms with Crippen molar-refractivity contribution in [1.82, 2.24) is 0 Å². The number of esters is 1. The number of aliphatic imine (C=N–C) groups is 2. The number of nitro groups is 1. The molecule has 1 heterocycles. The number of nitro benzene ring substituents is 1. The maximum Gasteiger partial charge on any atom is 0.325 e. The van der Waals surface area contributed by atoms with Crippen molar-refractivity contribution in [3.63, 3.8) is 0 Å². The summed E-state index contributed by atoms with van der Waals surface area (Å²) in [5.74, 6) is -0.378. The Balaban J connectivity index is 2.25. The van der Waals surface area contributed by atoms with Gasteiger partial charge in [-0.2, -0.15) is 0 Å². The summed E-state index contributed by atoms with van der Waals surface area (Å²) in [7, 11) is 0. The van der Waals surface area contributed by atoms with E-state index in [4.69, 9.17) is 4.74 Å². The van der Waals surface area contributed by atoms with Gasteiger partial charge >= 0.3 is 5.97 Å². The van der Waals surface area contributed by atoms with Crippen LogP contribution in [0.4, 0.5) is 11.4 Å². The molecule has 0 bridgehead atoms. The molecule has 0 spiro atoms. The predicted molar refractivity (Wildman–Crippen MR) is 81.3 cm³/mol. The lowest BCUT2D eigenvalue weighted by Crippen LogP contribution is -2.24. The second kappa shape index (κ2) is 6.49. The van der Waals surface area contributed by atoms with Gasteiger partial charge < -0.3 is 4.74 Å². The Morgan fingerprint density at radius 3 is 2.90 bits per heavy atom. The summed E-state index contributed by atoms with van der Waals surface area (Å²) in [4.78, 5) is 30.5. The van der Waals surface area contributed by atoms with Gasteiger partial charge in [0.1, 0.15) is 10.9 Å². The highest BCUT2D eigenvalue weighted by molar-refractivity contribution is 8.16. The number of ether oxygens (including phenoxy) is 1. The van der Waals surface area contributed by atoms with Gasteiger partial charge in [0.05, 0.1) is 11.5 Å². The minimum Gasteiger partial charge on any atom is -0.465 e. The van der Waals surface area contributed by atoms with Gasteiger partial charge in [-0.15, -0.1) is 0 Å². The maximum absolute atomic E-state index is 11.7. The molecule has 21 heavy (non-hydrogen) atoms. The van der Waals surface area contributed by atoms with E-state index in [0.717, 1.165) is 11.8 Å². The maximum atomic E-state index is 11.7. The third kappa shape index (κ3) is 3.46. The van der Waals surface area contributed by atoms with Crippen LogP contribution in [0.3, 0.4) is 0 Å². The van der Waals surface area contributed by atoms with Crippen molar-refractivity contribution >= 4 is 40.0 Å². The van der Waals surface area contributed by atoms with E-state index in [2.05, 4.69) is 9.98 Å². The summed E-state index contributed by atoms with van der Waals surface area (Å²) >= 11 is 1.13. The minimum absolute atomic E-state index is 0.0990. The van der Waals surface area contributed by atoms with Gasteiger partial charge in [0.2, 0.25) is 0 Å². The first-order chi connectivity index (χ1) is 10.0. The van der Waals surface area contributed by atoms with E-state index in [1.54, 1.807) is 26.0 Å². The van der Waals surface area contributed by atoms with Crippen LogP contribution in [0.25, 0.3) is 0 Å². The molecule has 1 aliphatic heterocycles. The molecule has 0 saturated heterocycles. The molecule has 7 nitrogen and oxygen atoms in total. The van der Waals surface area contributed by atoms with Crippen LogP contribution in [0.1, 0.15) is 13.8 Å². The predicted octanol–water partition coefficient (Wildman–Crippen LogP) is 2.72. The zero-order valence-corrected chi connectivity index (χ0v) is 12.3. The molecule has 8 heteroatoms. The number of para-hydroxylation sites is 2. The Hall–Kier alpha value is -2.22. The Kier molecular flexibility index (Phi) is 4.69. The van der Waals surface area contributed by atoms with E-state index >= 15 is 0 Å². The average molecular weight is 307 g/mol. The standard InChI is InChI=1S/C13H13N3O4S/c1-3-20-12(17)11-8(2)14-13(21-11)15-9-6-4-5-7-10(9)16(18)19/h4-7,11H,3H2,1-2H3/t11-/m1/s1. The molecule has 0 fully saturated rings. The number of hydrogen-bond acceptors (Lipinski definition) is 6. The van der Waals surface area contributed by atoms with Crippen LogP contribution in [0.2, 0.25) is 0 Å². The van der Waals surface area contributed by atoms with Crippen LogP contribution in [0, 0.1) is 10.1 Å². The van der Waals surface area contributed by atoms with E-state index < -0.39 is 10.2 Å². The number of rotatable bonds is 4. The van der Waals surface area contributed by atoms with E-state index in [1.807, 2.05) is 0 Å². The van der Waals surface area contributed by atoms with Gasteiger partial charge in [0.15, 0.2) is 5.17 Å². The Morgan fingerprint density at radius 1 is 1.52 bits per heavy atom. The number of thioether (sulfide) groups is 1. The van der Waals surface area contributed by atoms with Crippen LogP contribution >= 0.6 is 11.8 Å². The highest BCUT2D eigenvalue weighted by Gasteiger charge is 2.31. The quantitative estimate of drug-likeness (QED) is 0.484. The molecule has 0 aliphatic carbocycles. The first-order valence-electron chi connectivity index (χ1n) is 6.23. The molecule has 1 aromatic rings. The normalized spacial score (nSPS) is 19.4.